The minimum Gasteiger partial charge on any atom is -0.335 e. The summed E-state index contributed by atoms with van der Waals surface area (Å²) in [6, 6.07) is 3.47. The summed E-state index contributed by atoms with van der Waals surface area (Å²) in [5.41, 5.74) is 0.191. The van der Waals surface area contributed by atoms with Crippen molar-refractivity contribution in [1.82, 2.24) is 15.1 Å². The highest BCUT2D eigenvalue weighted by Crippen LogP contribution is 2.29. The number of piperidine rings is 1. The molecule has 4 nitrogen and oxygen atoms in total. The van der Waals surface area contributed by atoms with Crippen LogP contribution in [0.4, 0.5) is 13.6 Å². The third kappa shape index (κ3) is 3.86. The molecule has 1 saturated carbocycles. The molecular weight excluding hydrogens is 312 g/mol. The highest BCUT2D eigenvalue weighted by molar-refractivity contribution is 5.74. The summed E-state index contributed by atoms with van der Waals surface area (Å²) in [4.78, 5) is 16.4. The molecule has 1 aromatic carbocycles. The van der Waals surface area contributed by atoms with Crippen molar-refractivity contribution in [3.63, 3.8) is 0 Å². The Morgan fingerprint density at radius 3 is 2.54 bits per heavy atom. The Morgan fingerprint density at radius 1 is 1.25 bits per heavy atom. The van der Waals surface area contributed by atoms with Gasteiger partial charge in [0.05, 0.1) is 6.04 Å². The van der Waals surface area contributed by atoms with Crippen molar-refractivity contribution in [2.75, 3.05) is 20.1 Å². The van der Waals surface area contributed by atoms with E-state index in [1.54, 1.807) is 14.0 Å². The quantitative estimate of drug-likeness (QED) is 0.915. The smallest absolute Gasteiger partial charge is 0.317 e. The van der Waals surface area contributed by atoms with E-state index in [9.17, 15) is 13.6 Å². The lowest BCUT2D eigenvalue weighted by atomic mass is 10.0. The standard InChI is InChI=1S/C18H25F2N3O/c1-12(16-11-13(19)3-6-17(16)20)22(2)18(24)21-14-7-9-23(10-8-14)15-4-5-15/h3,6,11-12,14-15H,4-5,7-10H2,1-2H3,(H,21,24)/t12-/m1/s1. The molecule has 0 aromatic heterocycles. The van der Waals surface area contributed by atoms with Gasteiger partial charge in [0.25, 0.3) is 0 Å². The molecule has 1 atom stereocenters. The fourth-order valence-corrected chi connectivity index (χ4v) is 3.34. The normalized spacial score (nSPS) is 20.7. The molecule has 1 heterocycles. The Bertz CT molecular complexity index is 598. The average molecular weight is 337 g/mol. The number of nitrogens with zero attached hydrogens (tertiary/aromatic N) is 2. The first-order valence-electron chi connectivity index (χ1n) is 8.68. The van der Waals surface area contributed by atoms with Gasteiger partial charge in [0, 0.05) is 37.8 Å². The van der Waals surface area contributed by atoms with E-state index in [-0.39, 0.29) is 17.6 Å². The van der Waals surface area contributed by atoms with Crippen LogP contribution in [0.25, 0.3) is 0 Å². The Morgan fingerprint density at radius 2 is 1.92 bits per heavy atom. The van der Waals surface area contributed by atoms with Crippen molar-refractivity contribution >= 4 is 6.03 Å². The SMILES string of the molecule is C[C@H](c1cc(F)ccc1F)N(C)C(=O)NC1CCN(C2CC2)CC1. The number of nitrogens with one attached hydrogen (secondary N) is 1. The molecule has 1 aliphatic heterocycles. The van der Waals surface area contributed by atoms with Crippen LogP contribution in [0.2, 0.25) is 0 Å². The van der Waals surface area contributed by atoms with Gasteiger partial charge in [-0.3, -0.25) is 0 Å². The summed E-state index contributed by atoms with van der Waals surface area (Å²) in [6.45, 7) is 3.74. The lowest BCUT2D eigenvalue weighted by Gasteiger charge is -2.34. The molecule has 1 aromatic rings. The molecule has 24 heavy (non-hydrogen) atoms. The summed E-state index contributed by atoms with van der Waals surface area (Å²) in [6.07, 6.45) is 4.49. The van der Waals surface area contributed by atoms with Crippen LogP contribution in [-0.2, 0) is 0 Å². The summed E-state index contributed by atoms with van der Waals surface area (Å²) in [7, 11) is 1.61. The van der Waals surface area contributed by atoms with Gasteiger partial charge < -0.3 is 15.1 Å². The first-order valence-corrected chi connectivity index (χ1v) is 8.68. The number of rotatable bonds is 4. The molecule has 0 unspecified atom stereocenters. The predicted octanol–water partition coefficient (Wildman–Crippen LogP) is 3.29. The molecule has 2 amide bonds. The Hall–Kier alpha value is -1.69. The largest absolute Gasteiger partial charge is 0.335 e. The molecule has 3 rings (SSSR count). The molecule has 1 saturated heterocycles. The van der Waals surface area contributed by atoms with Crippen molar-refractivity contribution in [3.8, 4) is 0 Å². The average Bonchev–Trinajstić information content (AvgIpc) is 3.41. The van der Waals surface area contributed by atoms with Crippen LogP contribution in [0.3, 0.4) is 0 Å². The molecule has 2 aliphatic rings. The zero-order valence-electron chi connectivity index (χ0n) is 14.3. The van der Waals surface area contributed by atoms with Crippen molar-refractivity contribution in [2.45, 2.75) is 50.7 Å². The second kappa shape index (κ2) is 7.05. The van der Waals surface area contributed by atoms with E-state index in [0.717, 1.165) is 50.2 Å². The molecule has 6 heteroatoms. The van der Waals surface area contributed by atoms with Gasteiger partial charge >= 0.3 is 6.03 Å². The lowest BCUT2D eigenvalue weighted by molar-refractivity contribution is 0.166. The van der Waals surface area contributed by atoms with Crippen LogP contribution in [0.1, 0.15) is 44.2 Å². The minimum atomic E-state index is -0.535. The Balaban J connectivity index is 1.55. The maximum atomic E-state index is 13.9. The van der Waals surface area contributed by atoms with Crippen LogP contribution in [0, 0.1) is 11.6 Å². The van der Waals surface area contributed by atoms with Gasteiger partial charge in [-0.2, -0.15) is 0 Å². The van der Waals surface area contributed by atoms with Gasteiger partial charge in [-0.1, -0.05) is 0 Å². The third-order valence-corrected chi connectivity index (χ3v) is 5.23. The van der Waals surface area contributed by atoms with Gasteiger partial charge in [0.1, 0.15) is 11.6 Å². The monoisotopic (exact) mass is 337 g/mol. The van der Waals surface area contributed by atoms with Crippen LogP contribution < -0.4 is 5.32 Å². The fourth-order valence-electron chi connectivity index (χ4n) is 3.34. The first kappa shape index (κ1) is 17.1. The van der Waals surface area contributed by atoms with E-state index in [4.69, 9.17) is 0 Å². The van der Waals surface area contributed by atoms with E-state index in [2.05, 4.69) is 10.2 Å². The van der Waals surface area contributed by atoms with Gasteiger partial charge in [0.2, 0.25) is 0 Å². The molecule has 132 valence electrons. The fraction of sp³-hybridized carbons (Fsp3) is 0.611. The van der Waals surface area contributed by atoms with Crippen molar-refractivity contribution in [1.29, 1.82) is 0 Å². The molecule has 0 spiro atoms. The van der Waals surface area contributed by atoms with Crippen molar-refractivity contribution < 1.29 is 13.6 Å². The number of amides is 2. The number of halogens is 2. The zero-order valence-corrected chi connectivity index (χ0v) is 14.3. The van der Waals surface area contributed by atoms with E-state index in [0.29, 0.717) is 0 Å². The van der Waals surface area contributed by atoms with E-state index >= 15 is 0 Å². The number of hydrogen-bond acceptors (Lipinski definition) is 2. The highest BCUT2D eigenvalue weighted by Gasteiger charge is 2.32. The Kier molecular flexibility index (Phi) is 5.04. The highest BCUT2D eigenvalue weighted by atomic mass is 19.1. The summed E-state index contributed by atoms with van der Waals surface area (Å²) in [5.74, 6) is -0.999. The number of urea groups is 1. The van der Waals surface area contributed by atoms with Gasteiger partial charge in [-0.05, 0) is 50.8 Å². The maximum Gasteiger partial charge on any atom is 0.317 e. The summed E-state index contributed by atoms with van der Waals surface area (Å²) >= 11 is 0. The second-order valence-corrected chi connectivity index (χ2v) is 6.94. The first-order chi connectivity index (χ1) is 11.5. The number of hydrogen-bond donors (Lipinski definition) is 1. The predicted molar refractivity (Wildman–Crippen MR) is 88.7 cm³/mol. The minimum absolute atomic E-state index is 0.152. The number of likely N-dealkylation sites (tertiary alicyclic amines) is 1. The number of benzene rings is 1. The van der Waals surface area contributed by atoms with Crippen LogP contribution in [0.15, 0.2) is 18.2 Å². The van der Waals surface area contributed by atoms with Crippen LogP contribution in [-0.4, -0.2) is 48.1 Å². The zero-order chi connectivity index (χ0) is 17.3. The van der Waals surface area contributed by atoms with Crippen molar-refractivity contribution in [2.24, 2.45) is 0 Å². The Labute approximate surface area is 141 Å². The molecule has 0 radical (unpaired) electrons. The third-order valence-electron chi connectivity index (χ3n) is 5.23. The molecular formula is C18H25F2N3O. The number of carbonyl (C=O) groups is 1. The molecule has 1 N–H and O–H groups in total. The van der Waals surface area contributed by atoms with Crippen LogP contribution in [0.5, 0.6) is 0 Å². The van der Waals surface area contributed by atoms with Gasteiger partial charge in [0.15, 0.2) is 0 Å². The number of carbonyl (C=O) groups excluding carboxylic acids is 1. The second-order valence-electron chi connectivity index (χ2n) is 6.94. The molecule has 0 bridgehead atoms. The molecule has 1 aliphatic carbocycles. The van der Waals surface area contributed by atoms with E-state index in [1.165, 1.54) is 17.7 Å². The summed E-state index contributed by atoms with van der Waals surface area (Å²) < 4.78 is 27.3. The van der Waals surface area contributed by atoms with Gasteiger partial charge in [-0.15, -0.1) is 0 Å². The summed E-state index contributed by atoms with van der Waals surface area (Å²) in [5, 5.41) is 3.03. The van der Waals surface area contributed by atoms with Gasteiger partial charge in [-0.25, -0.2) is 13.6 Å². The van der Waals surface area contributed by atoms with Crippen LogP contribution >= 0.6 is 0 Å². The van der Waals surface area contributed by atoms with E-state index in [1.807, 2.05) is 0 Å². The van der Waals surface area contributed by atoms with E-state index < -0.39 is 17.7 Å². The topological polar surface area (TPSA) is 35.6 Å². The van der Waals surface area contributed by atoms with Crippen molar-refractivity contribution in [3.05, 3.63) is 35.4 Å². The lowest BCUT2D eigenvalue weighted by Crippen LogP contribution is -2.49. The molecule has 2 fully saturated rings. The maximum absolute atomic E-state index is 13.9.